The number of aryl methyl sites for hydroxylation is 1. The second-order valence-electron chi connectivity index (χ2n) is 6.41. The summed E-state index contributed by atoms with van der Waals surface area (Å²) in [6.45, 7) is 6.24. The normalized spacial score (nSPS) is 16.3. The molecule has 0 amide bonds. The molecule has 0 bridgehead atoms. The smallest absolute Gasteiger partial charge is 0.335 e. The summed E-state index contributed by atoms with van der Waals surface area (Å²) in [4.78, 5) is 19.5. The van der Waals surface area contributed by atoms with E-state index < -0.39 is 24.1 Å². The maximum Gasteiger partial charge on any atom is 0.335 e. The summed E-state index contributed by atoms with van der Waals surface area (Å²) in [6.07, 6.45) is 0.641. The highest BCUT2D eigenvalue weighted by atomic mass is 16.5. The Morgan fingerprint density at radius 2 is 1.53 bits per heavy atom. The third-order valence-corrected chi connectivity index (χ3v) is 4.58. The van der Waals surface area contributed by atoms with Crippen molar-refractivity contribution in [2.75, 3.05) is 21.3 Å². The topological polar surface area (TPSA) is 143 Å². The lowest BCUT2D eigenvalue weighted by Gasteiger charge is -2.20. The molecule has 0 radical (unpaired) electrons. The minimum absolute atomic E-state index is 0.641. The molecule has 0 spiro atoms. The highest BCUT2D eigenvalue weighted by Crippen LogP contribution is 2.48. The number of hydrogen-bond donors (Lipinski definition) is 4. The maximum absolute atomic E-state index is 9.77. The monoisotopic (exact) mass is 424 g/mol. The molecule has 1 aromatic carbocycles. The van der Waals surface area contributed by atoms with Crippen molar-refractivity contribution in [3.8, 4) is 17.2 Å². The quantitative estimate of drug-likeness (QED) is 0.503. The number of carboxylic acid groups (broad SMARTS) is 2. The van der Waals surface area contributed by atoms with E-state index in [0.717, 1.165) is 41.7 Å². The van der Waals surface area contributed by atoms with Crippen LogP contribution >= 0.6 is 0 Å². The SMILES string of the molecule is C=C1CCCc2cc(OC)c(OC)c(OC)c2C1=CC.O=C(O)[C@@H](O)[C@H](O)C(=O)O. The summed E-state index contributed by atoms with van der Waals surface area (Å²) in [5.41, 5.74) is 4.62. The van der Waals surface area contributed by atoms with Crippen LogP contribution in [0.15, 0.2) is 24.3 Å². The molecule has 2 atom stereocenters. The second-order valence-corrected chi connectivity index (χ2v) is 6.41. The molecule has 1 aliphatic rings. The molecule has 0 fully saturated rings. The Kier molecular flexibility index (Phi) is 9.35. The fraction of sp³-hybridized carbons (Fsp3) is 0.429. The highest BCUT2D eigenvalue weighted by Gasteiger charge is 2.29. The molecule has 0 heterocycles. The van der Waals surface area contributed by atoms with Crippen molar-refractivity contribution in [3.05, 3.63) is 35.4 Å². The molecule has 2 rings (SSSR count). The van der Waals surface area contributed by atoms with Crippen molar-refractivity contribution in [1.82, 2.24) is 0 Å². The molecule has 1 aromatic rings. The van der Waals surface area contributed by atoms with Gasteiger partial charge in [0, 0.05) is 5.56 Å². The Labute approximate surface area is 174 Å². The summed E-state index contributed by atoms with van der Waals surface area (Å²) < 4.78 is 16.5. The number of aliphatic hydroxyl groups excluding tert-OH is 2. The molecule has 0 aliphatic heterocycles. The van der Waals surface area contributed by atoms with E-state index in [1.807, 2.05) is 6.92 Å². The largest absolute Gasteiger partial charge is 0.493 e. The van der Waals surface area contributed by atoms with E-state index >= 15 is 0 Å². The van der Waals surface area contributed by atoms with Crippen LogP contribution in [0.3, 0.4) is 0 Å². The van der Waals surface area contributed by atoms with E-state index in [0.29, 0.717) is 11.5 Å². The van der Waals surface area contributed by atoms with E-state index in [1.165, 1.54) is 5.56 Å². The number of aliphatic carboxylic acids is 2. The number of carbonyl (C=O) groups is 2. The minimum atomic E-state index is -2.27. The fourth-order valence-corrected chi connectivity index (χ4v) is 3.12. The number of rotatable bonds is 6. The standard InChI is InChI=1S/C17H22O3.C4H6O6/c1-6-13-11(2)8-7-9-12-10-14(18-3)16(19-4)17(20-5)15(12)13;5-1(3(7)8)2(6)4(9)10/h6,10H,2,7-9H2,1,3-5H3;1-2,5-6H,(H,7,8)(H,9,10)/t;1-,2-/m.0/s1. The van der Waals surface area contributed by atoms with Crippen molar-refractivity contribution in [2.24, 2.45) is 0 Å². The molecule has 9 heteroatoms. The van der Waals surface area contributed by atoms with Gasteiger partial charge in [-0.15, -0.1) is 0 Å². The van der Waals surface area contributed by atoms with Crippen molar-refractivity contribution < 1.29 is 44.2 Å². The van der Waals surface area contributed by atoms with Crippen LogP contribution in [0, 0.1) is 0 Å². The van der Waals surface area contributed by atoms with Gasteiger partial charge in [0.05, 0.1) is 21.3 Å². The van der Waals surface area contributed by atoms with Gasteiger partial charge in [0.25, 0.3) is 0 Å². The minimum Gasteiger partial charge on any atom is -0.493 e. The first-order chi connectivity index (χ1) is 14.1. The van der Waals surface area contributed by atoms with Crippen LogP contribution in [0.25, 0.3) is 5.57 Å². The van der Waals surface area contributed by atoms with Gasteiger partial charge < -0.3 is 34.6 Å². The first kappa shape index (κ1) is 25.0. The van der Waals surface area contributed by atoms with Crippen LogP contribution in [0.2, 0.25) is 0 Å². The number of benzene rings is 1. The zero-order chi connectivity index (χ0) is 23.0. The van der Waals surface area contributed by atoms with Crippen molar-refractivity contribution in [3.63, 3.8) is 0 Å². The summed E-state index contributed by atoms with van der Waals surface area (Å²) in [5.74, 6) is -1.45. The number of carboxylic acids is 2. The van der Waals surface area contributed by atoms with Crippen LogP contribution in [0.4, 0.5) is 0 Å². The summed E-state index contributed by atoms with van der Waals surface area (Å²) >= 11 is 0. The van der Waals surface area contributed by atoms with Crippen molar-refractivity contribution >= 4 is 17.5 Å². The van der Waals surface area contributed by atoms with Gasteiger partial charge in [0.1, 0.15) is 0 Å². The lowest BCUT2D eigenvalue weighted by atomic mass is 9.94. The predicted molar refractivity (Wildman–Crippen MR) is 109 cm³/mol. The van der Waals surface area contributed by atoms with Gasteiger partial charge in [-0.2, -0.15) is 0 Å². The van der Waals surface area contributed by atoms with Crippen LogP contribution in [0.1, 0.15) is 30.9 Å². The zero-order valence-electron chi connectivity index (χ0n) is 17.5. The van der Waals surface area contributed by atoms with Crippen molar-refractivity contribution in [1.29, 1.82) is 0 Å². The Morgan fingerprint density at radius 1 is 1.00 bits per heavy atom. The van der Waals surface area contributed by atoms with Gasteiger partial charge in [-0.3, -0.25) is 0 Å². The predicted octanol–water partition coefficient (Wildman–Crippen LogP) is 1.89. The Hall–Kier alpha value is -3.04. The lowest BCUT2D eigenvalue weighted by Crippen LogP contribution is -2.39. The fourth-order valence-electron chi connectivity index (χ4n) is 3.12. The average Bonchev–Trinajstić information content (AvgIpc) is 2.88. The molecule has 9 nitrogen and oxygen atoms in total. The third kappa shape index (κ3) is 5.52. The van der Waals surface area contributed by atoms with Crippen LogP contribution in [0.5, 0.6) is 17.2 Å². The van der Waals surface area contributed by atoms with Gasteiger partial charge in [-0.1, -0.05) is 12.7 Å². The van der Waals surface area contributed by atoms with Gasteiger partial charge in [-0.25, -0.2) is 9.59 Å². The summed E-state index contributed by atoms with van der Waals surface area (Å²) in [7, 11) is 4.95. The number of ether oxygens (including phenoxy) is 3. The molecule has 1 aliphatic carbocycles. The maximum atomic E-state index is 9.77. The first-order valence-corrected chi connectivity index (χ1v) is 9.12. The number of fused-ring (bicyclic) bond motifs is 1. The lowest BCUT2D eigenvalue weighted by molar-refractivity contribution is -0.165. The third-order valence-electron chi connectivity index (χ3n) is 4.58. The summed E-state index contributed by atoms with van der Waals surface area (Å²) in [5, 5.41) is 32.5. The van der Waals surface area contributed by atoms with Crippen LogP contribution in [-0.2, 0) is 16.0 Å². The molecular formula is C21H28O9. The van der Waals surface area contributed by atoms with E-state index in [2.05, 4.69) is 18.7 Å². The molecule has 0 saturated carbocycles. The Morgan fingerprint density at radius 3 is 1.93 bits per heavy atom. The van der Waals surface area contributed by atoms with Crippen LogP contribution in [-0.4, -0.2) is 65.9 Å². The van der Waals surface area contributed by atoms with Gasteiger partial charge in [0.2, 0.25) is 5.75 Å². The molecule has 0 saturated heterocycles. The van der Waals surface area contributed by atoms with E-state index in [1.54, 1.807) is 21.3 Å². The van der Waals surface area contributed by atoms with Crippen LogP contribution < -0.4 is 14.2 Å². The van der Waals surface area contributed by atoms with E-state index in [9.17, 15) is 9.59 Å². The molecule has 30 heavy (non-hydrogen) atoms. The highest BCUT2D eigenvalue weighted by molar-refractivity contribution is 5.86. The molecule has 4 N–H and O–H groups in total. The average molecular weight is 424 g/mol. The Bertz CT molecular complexity index is 808. The molecule has 0 aromatic heterocycles. The molecule has 166 valence electrons. The first-order valence-electron chi connectivity index (χ1n) is 9.12. The van der Waals surface area contributed by atoms with Crippen molar-refractivity contribution in [2.45, 2.75) is 38.4 Å². The molecule has 0 unspecified atom stereocenters. The number of allylic oxidation sites excluding steroid dienone is 3. The number of methoxy groups -OCH3 is 3. The summed E-state index contributed by atoms with van der Waals surface area (Å²) in [6, 6.07) is 2.05. The van der Waals surface area contributed by atoms with E-state index in [4.69, 9.17) is 34.6 Å². The van der Waals surface area contributed by atoms with Gasteiger partial charge in [0.15, 0.2) is 23.7 Å². The Balaban J connectivity index is 0.000000382. The number of hydrogen-bond acceptors (Lipinski definition) is 7. The second kappa shape index (κ2) is 11.2. The van der Waals surface area contributed by atoms with Gasteiger partial charge in [-0.05, 0) is 49.0 Å². The van der Waals surface area contributed by atoms with E-state index in [-0.39, 0.29) is 0 Å². The number of aliphatic hydroxyl groups is 2. The van der Waals surface area contributed by atoms with Gasteiger partial charge >= 0.3 is 11.9 Å². The zero-order valence-corrected chi connectivity index (χ0v) is 17.5. The molecular weight excluding hydrogens is 396 g/mol.